The van der Waals surface area contributed by atoms with Crippen LogP contribution in [-0.4, -0.2) is 17.2 Å². The summed E-state index contributed by atoms with van der Waals surface area (Å²) in [5, 5.41) is 8.77. The first kappa shape index (κ1) is 13.3. The Morgan fingerprint density at radius 1 is 1.47 bits per heavy atom. The van der Waals surface area contributed by atoms with E-state index >= 15 is 0 Å². The number of allylic oxidation sites excluding steroid dienone is 1. The van der Waals surface area contributed by atoms with Gasteiger partial charge in [0.05, 0.1) is 6.42 Å². The van der Waals surface area contributed by atoms with Gasteiger partial charge in [-0.05, 0) is 19.4 Å². The van der Waals surface area contributed by atoms with E-state index in [2.05, 4.69) is 0 Å². The third-order valence-electron chi connectivity index (χ3n) is 2.42. The number of ether oxygens (including phenoxy) is 1. The molecule has 1 N–H and O–H groups in total. The van der Waals surface area contributed by atoms with E-state index in [1.54, 1.807) is 0 Å². The van der Waals surface area contributed by atoms with Gasteiger partial charge in [0.2, 0.25) is 0 Å². The Kier molecular flexibility index (Phi) is 5.27. The molecule has 92 valence electrons. The number of para-hydroxylation sites is 1. The van der Waals surface area contributed by atoms with E-state index in [1.807, 2.05) is 50.3 Å². The van der Waals surface area contributed by atoms with Crippen LogP contribution >= 0.6 is 0 Å². The highest BCUT2D eigenvalue weighted by Crippen LogP contribution is 2.22. The van der Waals surface area contributed by atoms with Gasteiger partial charge in [0.15, 0.2) is 0 Å². The molecule has 0 radical (unpaired) electrons. The molecule has 0 saturated carbocycles. The van der Waals surface area contributed by atoms with Crippen molar-refractivity contribution in [2.45, 2.75) is 32.8 Å². The van der Waals surface area contributed by atoms with Crippen LogP contribution in [0.4, 0.5) is 0 Å². The average molecular weight is 234 g/mol. The highest BCUT2D eigenvalue weighted by atomic mass is 16.5. The quantitative estimate of drug-likeness (QED) is 0.821. The average Bonchev–Trinajstić information content (AvgIpc) is 2.30. The number of hydrogen-bond donors (Lipinski definition) is 1. The third-order valence-corrected chi connectivity index (χ3v) is 2.42. The predicted octanol–water partition coefficient (Wildman–Crippen LogP) is 3.35. The topological polar surface area (TPSA) is 46.5 Å². The number of hydrogen-bond acceptors (Lipinski definition) is 2. The molecule has 3 nitrogen and oxygen atoms in total. The summed E-state index contributed by atoms with van der Waals surface area (Å²) in [6, 6.07) is 7.62. The van der Waals surface area contributed by atoms with Crippen LogP contribution < -0.4 is 4.74 Å². The minimum atomic E-state index is -0.833. The van der Waals surface area contributed by atoms with Crippen LogP contribution in [-0.2, 0) is 4.79 Å². The maximum Gasteiger partial charge on any atom is 0.307 e. The van der Waals surface area contributed by atoms with Crippen molar-refractivity contribution in [1.29, 1.82) is 0 Å². The van der Waals surface area contributed by atoms with Crippen LogP contribution in [0, 0.1) is 0 Å². The van der Waals surface area contributed by atoms with E-state index in [0.29, 0.717) is 6.42 Å². The van der Waals surface area contributed by atoms with Crippen molar-refractivity contribution in [3.8, 4) is 5.75 Å². The summed E-state index contributed by atoms with van der Waals surface area (Å²) in [5.74, 6) is -0.0981. The van der Waals surface area contributed by atoms with Gasteiger partial charge >= 0.3 is 5.97 Å². The second-order valence-corrected chi connectivity index (χ2v) is 3.78. The number of carboxylic acids is 1. The zero-order valence-corrected chi connectivity index (χ0v) is 10.2. The fourth-order valence-electron chi connectivity index (χ4n) is 1.55. The number of carboxylic acid groups (broad SMARTS) is 1. The maximum absolute atomic E-state index is 10.7. The normalized spacial score (nSPS) is 12.6. The predicted molar refractivity (Wildman–Crippen MR) is 68.1 cm³/mol. The zero-order valence-electron chi connectivity index (χ0n) is 10.2. The van der Waals surface area contributed by atoms with Crippen molar-refractivity contribution in [1.82, 2.24) is 0 Å². The molecule has 1 atom stereocenters. The Balaban J connectivity index is 2.81. The van der Waals surface area contributed by atoms with Crippen LogP contribution in [0.5, 0.6) is 5.75 Å². The van der Waals surface area contributed by atoms with Gasteiger partial charge in [-0.15, -0.1) is 0 Å². The van der Waals surface area contributed by atoms with Gasteiger partial charge in [-0.25, -0.2) is 0 Å². The molecule has 0 spiro atoms. The van der Waals surface area contributed by atoms with Crippen LogP contribution in [0.3, 0.4) is 0 Å². The lowest BCUT2D eigenvalue weighted by Crippen LogP contribution is -2.20. The fourth-order valence-corrected chi connectivity index (χ4v) is 1.55. The molecule has 3 heteroatoms. The standard InChI is InChI=1S/C14H18O3/c1-3-7-11-8-5-6-9-13(11)17-12(4-2)10-14(15)16/h3,5-9,12H,4,10H2,1-2H3,(H,15,16). The molecule has 0 fully saturated rings. The number of carbonyl (C=O) groups is 1. The number of benzene rings is 1. The van der Waals surface area contributed by atoms with E-state index < -0.39 is 5.97 Å². The Morgan fingerprint density at radius 3 is 2.76 bits per heavy atom. The van der Waals surface area contributed by atoms with Gasteiger partial charge in [0.25, 0.3) is 0 Å². The Bertz CT molecular complexity index is 396. The smallest absolute Gasteiger partial charge is 0.307 e. The monoisotopic (exact) mass is 234 g/mol. The molecule has 0 heterocycles. The lowest BCUT2D eigenvalue weighted by Gasteiger charge is -2.17. The van der Waals surface area contributed by atoms with E-state index in [-0.39, 0.29) is 12.5 Å². The molecule has 1 rings (SSSR count). The van der Waals surface area contributed by atoms with Crippen molar-refractivity contribution < 1.29 is 14.6 Å². The summed E-state index contributed by atoms with van der Waals surface area (Å²) in [5.41, 5.74) is 0.971. The summed E-state index contributed by atoms with van der Waals surface area (Å²) < 4.78 is 5.73. The molecule has 0 aliphatic heterocycles. The van der Waals surface area contributed by atoms with E-state index in [9.17, 15) is 4.79 Å². The first-order valence-electron chi connectivity index (χ1n) is 5.77. The maximum atomic E-state index is 10.7. The Labute approximate surface area is 102 Å². The zero-order chi connectivity index (χ0) is 12.7. The van der Waals surface area contributed by atoms with E-state index in [1.165, 1.54) is 0 Å². The fraction of sp³-hybridized carbons (Fsp3) is 0.357. The highest BCUT2D eigenvalue weighted by Gasteiger charge is 2.13. The summed E-state index contributed by atoms with van der Waals surface area (Å²) in [6.07, 6.45) is 4.30. The molecule has 0 aromatic heterocycles. The Hall–Kier alpha value is -1.77. The molecular weight excluding hydrogens is 216 g/mol. The first-order chi connectivity index (χ1) is 8.17. The molecule has 0 saturated heterocycles. The molecule has 0 aliphatic carbocycles. The van der Waals surface area contributed by atoms with Crippen molar-refractivity contribution in [2.75, 3.05) is 0 Å². The molecule has 1 unspecified atom stereocenters. The van der Waals surface area contributed by atoms with Gasteiger partial charge in [-0.1, -0.05) is 37.3 Å². The summed E-state index contributed by atoms with van der Waals surface area (Å²) >= 11 is 0. The van der Waals surface area contributed by atoms with Gasteiger partial charge in [0, 0.05) is 5.56 Å². The van der Waals surface area contributed by atoms with Crippen LogP contribution in [0.25, 0.3) is 6.08 Å². The first-order valence-corrected chi connectivity index (χ1v) is 5.77. The minimum Gasteiger partial charge on any atom is -0.489 e. The minimum absolute atomic E-state index is 0.0284. The van der Waals surface area contributed by atoms with Gasteiger partial charge < -0.3 is 9.84 Å². The second kappa shape index (κ2) is 6.74. The molecule has 0 amide bonds. The molecule has 0 aliphatic rings. The van der Waals surface area contributed by atoms with Gasteiger partial charge in [-0.3, -0.25) is 4.79 Å². The third kappa shape index (κ3) is 4.31. The van der Waals surface area contributed by atoms with E-state index in [0.717, 1.165) is 11.3 Å². The van der Waals surface area contributed by atoms with Crippen molar-refractivity contribution in [3.05, 3.63) is 35.9 Å². The van der Waals surface area contributed by atoms with Gasteiger partial charge in [-0.2, -0.15) is 0 Å². The van der Waals surface area contributed by atoms with Crippen molar-refractivity contribution in [2.24, 2.45) is 0 Å². The SMILES string of the molecule is CC=Cc1ccccc1OC(CC)CC(=O)O. The van der Waals surface area contributed by atoms with Crippen LogP contribution in [0.15, 0.2) is 30.3 Å². The molecule has 0 bridgehead atoms. The van der Waals surface area contributed by atoms with E-state index in [4.69, 9.17) is 9.84 Å². The lowest BCUT2D eigenvalue weighted by atomic mass is 10.1. The summed E-state index contributed by atoms with van der Waals surface area (Å²) in [4.78, 5) is 10.7. The highest BCUT2D eigenvalue weighted by molar-refractivity contribution is 5.67. The number of aliphatic carboxylic acids is 1. The largest absolute Gasteiger partial charge is 0.489 e. The molecular formula is C14H18O3. The van der Waals surface area contributed by atoms with Crippen molar-refractivity contribution >= 4 is 12.0 Å². The summed E-state index contributed by atoms with van der Waals surface area (Å²) in [6.45, 7) is 3.86. The van der Waals surface area contributed by atoms with Crippen LogP contribution in [0.1, 0.15) is 32.3 Å². The van der Waals surface area contributed by atoms with Gasteiger partial charge in [0.1, 0.15) is 11.9 Å². The number of rotatable bonds is 6. The second-order valence-electron chi connectivity index (χ2n) is 3.78. The van der Waals surface area contributed by atoms with Crippen molar-refractivity contribution in [3.63, 3.8) is 0 Å². The molecule has 17 heavy (non-hydrogen) atoms. The Morgan fingerprint density at radius 2 is 2.18 bits per heavy atom. The molecule has 1 aromatic carbocycles. The molecule has 1 aromatic rings. The summed E-state index contributed by atoms with van der Waals surface area (Å²) in [7, 11) is 0. The van der Waals surface area contributed by atoms with Crippen LogP contribution in [0.2, 0.25) is 0 Å². The lowest BCUT2D eigenvalue weighted by molar-refractivity contribution is -0.138.